The topological polar surface area (TPSA) is 46.3 Å². The second kappa shape index (κ2) is 5.96. The van der Waals surface area contributed by atoms with E-state index in [0.717, 1.165) is 31.5 Å². The first kappa shape index (κ1) is 15.0. The van der Waals surface area contributed by atoms with E-state index >= 15 is 0 Å². The summed E-state index contributed by atoms with van der Waals surface area (Å²) in [6.45, 7) is 8.51. The summed E-state index contributed by atoms with van der Waals surface area (Å²) in [5.41, 5.74) is 7.65. The number of hydrogen-bond donors (Lipinski definition) is 1. The molecule has 1 saturated heterocycles. The molecule has 0 spiro atoms. The highest BCUT2D eigenvalue weighted by Gasteiger charge is 2.36. The molecule has 0 bridgehead atoms. The Morgan fingerprint density at radius 3 is 2.50 bits per heavy atom. The lowest BCUT2D eigenvalue weighted by molar-refractivity contribution is -0.135. The Bertz CT molecular complexity index is 464. The van der Waals surface area contributed by atoms with Crippen LogP contribution in [0.25, 0.3) is 0 Å². The van der Waals surface area contributed by atoms with E-state index < -0.39 is 5.41 Å². The van der Waals surface area contributed by atoms with E-state index in [9.17, 15) is 4.79 Å². The number of nitrogens with two attached hydrogens (primary N) is 1. The largest absolute Gasteiger partial charge is 0.342 e. The Labute approximate surface area is 122 Å². The van der Waals surface area contributed by atoms with Gasteiger partial charge in [0.1, 0.15) is 0 Å². The third kappa shape index (κ3) is 2.88. The Kier molecular flexibility index (Phi) is 4.48. The van der Waals surface area contributed by atoms with E-state index in [0.29, 0.717) is 12.5 Å². The zero-order valence-electron chi connectivity index (χ0n) is 12.9. The molecule has 1 unspecified atom stereocenters. The molecule has 3 nitrogen and oxygen atoms in total. The van der Waals surface area contributed by atoms with Gasteiger partial charge in [0.05, 0.1) is 5.41 Å². The Balaban J connectivity index is 2.14. The van der Waals surface area contributed by atoms with Crippen LogP contribution in [0.4, 0.5) is 0 Å². The van der Waals surface area contributed by atoms with E-state index in [2.05, 4.69) is 31.2 Å². The fourth-order valence-electron chi connectivity index (χ4n) is 2.89. The number of nitrogens with zero attached hydrogens (tertiary/aromatic N) is 1. The predicted molar refractivity (Wildman–Crippen MR) is 82.6 cm³/mol. The molecule has 20 heavy (non-hydrogen) atoms. The molecule has 0 saturated carbocycles. The van der Waals surface area contributed by atoms with E-state index in [1.165, 1.54) is 5.56 Å². The Morgan fingerprint density at radius 1 is 1.35 bits per heavy atom. The highest BCUT2D eigenvalue weighted by Crippen LogP contribution is 2.28. The zero-order chi connectivity index (χ0) is 14.8. The molecule has 1 amide bonds. The number of benzene rings is 1. The Morgan fingerprint density at radius 2 is 2.00 bits per heavy atom. The minimum absolute atomic E-state index is 0.220. The van der Waals surface area contributed by atoms with Gasteiger partial charge in [-0.3, -0.25) is 4.79 Å². The second-order valence-electron chi connectivity index (χ2n) is 6.32. The maximum atomic E-state index is 12.8. The van der Waals surface area contributed by atoms with Crippen molar-refractivity contribution in [2.45, 2.75) is 39.0 Å². The van der Waals surface area contributed by atoms with Crippen LogP contribution >= 0.6 is 0 Å². The molecule has 2 N–H and O–H groups in total. The van der Waals surface area contributed by atoms with Gasteiger partial charge in [0, 0.05) is 13.1 Å². The van der Waals surface area contributed by atoms with Crippen LogP contribution in [0.5, 0.6) is 0 Å². The van der Waals surface area contributed by atoms with Crippen LogP contribution in [-0.4, -0.2) is 30.4 Å². The van der Waals surface area contributed by atoms with Crippen molar-refractivity contribution in [2.75, 3.05) is 19.6 Å². The molecule has 1 atom stereocenters. The molecule has 110 valence electrons. The third-order valence-electron chi connectivity index (χ3n) is 4.52. The first-order chi connectivity index (χ1) is 9.48. The number of rotatable bonds is 4. The van der Waals surface area contributed by atoms with E-state index in [1.807, 2.05) is 18.7 Å². The number of carbonyl (C=O) groups is 1. The summed E-state index contributed by atoms with van der Waals surface area (Å²) < 4.78 is 0. The second-order valence-corrected chi connectivity index (χ2v) is 6.32. The van der Waals surface area contributed by atoms with E-state index in [-0.39, 0.29) is 5.91 Å². The van der Waals surface area contributed by atoms with Crippen LogP contribution in [0.1, 0.15) is 38.3 Å². The molecular formula is C17H26N2O. The average molecular weight is 274 g/mol. The predicted octanol–water partition coefficient (Wildman–Crippen LogP) is 2.33. The minimum atomic E-state index is -0.463. The van der Waals surface area contributed by atoms with Gasteiger partial charge in [0.15, 0.2) is 0 Å². The number of amides is 1. The molecule has 0 aliphatic carbocycles. The number of hydrogen-bond acceptors (Lipinski definition) is 2. The highest BCUT2D eigenvalue weighted by atomic mass is 16.2. The summed E-state index contributed by atoms with van der Waals surface area (Å²) >= 11 is 0. The van der Waals surface area contributed by atoms with E-state index in [4.69, 9.17) is 5.73 Å². The van der Waals surface area contributed by atoms with Crippen molar-refractivity contribution in [1.82, 2.24) is 4.90 Å². The molecule has 1 aliphatic rings. The van der Waals surface area contributed by atoms with Crippen LogP contribution in [0.2, 0.25) is 0 Å². The maximum Gasteiger partial charge on any atom is 0.232 e. The molecule has 0 aromatic heterocycles. The lowest BCUT2D eigenvalue weighted by Gasteiger charge is -2.30. The van der Waals surface area contributed by atoms with Gasteiger partial charge in [0.25, 0.3) is 0 Å². The van der Waals surface area contributed by atoms with Crippen molar-refractivity contribution in [3.63, 3.8) is 0 Å². The lowest BCUT2D eigenvalue weighted by Crippen LogP contribution is -2.42. The van der Waals surface area contributed by atoms with Crippen molar-refractivity contribution in [1.29, 1.82) is 0 Å². The SMILES string of the molecule is CCc1ccc(C(C)(C)C(=O)N2CCC(CN)C2)cc1. The van der Waals surface area contributed by atoms with Gasteiger partial charge in [-0.2, -0.15) is 0 Å². The van der Waals surface area contributed by atoms with Gasteiger partial charge in [-0.15, -0.1) is 0 Å². The number of likely N-dealkylation sites (tertiary alicyclic amines) is 1. The van der Waals surface area contributed by atoms with Crippen molar-refractivity contribution in [3.05, 3.63) is 35.4 Å². The van der Waals surface area contributed by atoms with Crippen LogP contribution < -0.4 is 5.73 Å². The van der Waals surface area contributed by atoms with Crippen molar-refractivity contribution in [3.8, 4) is 0 Å². The summed E-state index contributed by atoms with van der Waals surface area (Å²) in [5.74, 6) is 0.690. The van der Waals surface area contributed by atoms with Crippen LogP contribution in [0, 0.1) is 5.92 Å². The molecule has 3 heteroatoms. The molecule has 1 heterocycles. The summed E-state index contributed by atoms with van der Waals surface area (Å²) in [6.07, 6.45) is 2.06. The summed E-state index contributed by atoms with van der Waals surface area (Å²) in [5, 5.41) is 0. The normalized spacial score (nSPS) is 19.4. The van der Waals surface area contributed by atoms with Crippen molar-refractivity contribution in [2.24, 2.45) is 11.7 Å². The number of carbonyl (C=O) groups excluding carboxylic acids is 1. The Hall–Kier alpha value is -1.35. The van der Waals surface area contributed by atoms with E-state index in [1.54, 1.807) is 0 Å². The fraction of sp³-hybridized carbons (Fsp3) is 0.588. The fourth-order valence-corrected chi connectivity index (χ4v) is 2.89. The molecule has 1 aliphatic heterocycles. The maximum absolute atomic E-state index is 12.8. The van der Waals surface area contributed by atoms with Crippen LogP contribution in [-0.2, 0) is 16.6 Å². The first-order valence-corrected chi connectivity index (χ1v) is 7.58. The monoisotopic (exact) mass is 274 g/mol. The van der Waals surface area contributed by atoms with Gasteiger partial charge in [-0.25, -0.2) is 0 Å². The van der Waals surface area contributed by atoms with Gasteiger partial charge < -0.3 is 10.6 Å². The molecule has 1 fully saturated rings. The highest BCUT2D eigenvalue weighted by molar-refractivity contribution is 5.87. The molecular weight excluding hydrogens is 248 g/mol. The van der Waals surface area contributed by atoms with Crippen molar-refractivity contribution < 1.29 is 4.79 Å². The smallest absolute Gasteiger partial charge is 0.232 e. The summed E-state index contributed by atoms with van der Waals surface area (Å²) in [6, 6.07) is 8.43. The van der Waals surface area contributed by atoms with Gasteiger partial charge >= 0.3 is 0 Å². The average Bonchev–Trinajstić information content (AvgIpc) is 2.95. The molecule has 0 radical (unpaired) electrons. The molecule has 1 aromatic carbocycles. The third-order valence-corrected chi connectivity index (χ3v) is 4.52. The number of aryl methyl sites for hydroxylation is 1. The van der Waals surface area contributed by atoms with Crippen LogP contribution in [0.3, 0.4) is 0 Å². The zero-order valence-corrected chi connectivity index (χ0v) is 12.9. The summed E-state index contributed by atoms with van der Waals surface area (Å²) in [7, 11) is 0. The van der Waals surface area contributed by atoms with Gasteiger partial charge in [-0.1, -0.05) is 31.2 Å². The quantitative estimate of drug-likeness (QED) is 0.916. The lowest BCUT2D eigenvalue weighted by atomic mass is 9.82. The van der Waals surface area contributed by atoms with Crippen molar-refractivity contribution >= 4 is 5.91 Å². The summed E-state index contributed by atoms with van der Waals surface area (Å²) in [4.78, 5) is 14.7. The van der Waals surface area contributed by atoms with Crippen LogP contribution in [0.15, 0.2) is 24.3 Å². The van der Waals surface area contributed by atoms with Gasteiger partial charge in [-0.05, 0) is 50.3 Å². The molecule has 1 aromatic rings. The first-order valence-electron chi connectivity index (χ1n) is 7.58. The standard InChI is InChI=1S/C17H26N2O/c1-4-13-5-7-15(8-6-13)17(2,3)16(20)19-10-9-14(11-18)12-19/h5-8,14H,4,9-12,18H2,1-3H3. The molecule has 2 rings (SSSR count). The minimum Gasteiger partial charge on any atom is -0.342 e. The van der Waals surface area contributed by atoms with Gasteiger partial charge in [0.2, 0.25) is 5.91 Å².